The summed E-state index contributed by atoms with van der Waals surface area (Å²) in [5, 5.41) is 33.1. The summed E-state index contributed by atoms with van der Waals surface area (Å²) in [5.74, 6) is -7.58. The zero-order chi connectivity index (χ0) is 26.1. The van der Waals surface area contributed by atoms with Gasteiger partial charge in [-0.1, -0.05) is 12.1 Å². The number of amides is 1. The summed E-state index contributed by atoms with van der Waals surface area (Å²) in [5.41, 5.74) is 3.47. The number of ether oxygens (including phenoxy) is 2. The molecule has 4 aliphatic rings. The van der Waals surface area contributed by atoms with Crippen LogP contribution in [0.25, 0.3) is 5.76 Å². The summed E-state index contributed by atoms with van der Waals surface area (Å²) in [4.78, 5) is 53.8. The number of phenols is 1. The Balaban J connectivity index is 1.60. The SMILES string of the molecule is CN(C)[C@@H]1C(OCC(=O)C2CO2)C(C(N)=O)C(=O)[C@@]2(O)C(=O)C3=C(O)c4c(O)cccc4C[C@H]3C[C@@H]12. The number of benzene rings is 1. The molecule has 11 heteroatoms. The first-order chi connectivity index (χ1) is 17.0. The molecule has 0 spiro atoms. The average Bonchev–Trinajstić information content (AvgIpc) is 3.64. The Hall–Kier alpha value is -3.12. The van der Waals surface area contributed by atoms with Gasteiger partial charge in [0, 0.05) is 17.5 Å². The van der Waals surface area contributed by atoms with Gasteiger partial charge in [0.15, 0.2) is 17.2 Å². The van der Waals surface area contributed by atoms with Crippen LogP contribution >= 0.6 is 0 Å². The Morgan fingerprint density at radius 2 is 1.94 bits per heavy atom. The topological polar surface area (TPSA) is 180 Å². The number of likely N-dealkylation sites (N-methyl/N-ethyl adjacent to an activating group) is 1. The Labute approximate surface area is 206 Å². The van der Waals surface area contributed by atoms with Gasteiger partial charge in [0.05, 0.1) is 18.3 Å². The van der Waals surface area contributed by atoms with E-state index in [0.717, 1.165) is 0 Å². The Morgan fingerprint density at radius 1 is 1.25 bits per heavy atom. The molecule has 0 radical (unpaired) electrons. The normalized spacial score (nSPS) is 35.2. The number of carbonyl (C=O) groups excluding carboxylic acids is 4. The number of nitrogens with zero attached hydrogens (tertiary/aromatic N) is 1. The van der Waals surface area contributed by atoms with Gasteiger partial charge in [0.25, 0.3) is 0 Å². The number of phenolic OH excluding ortho intramolecular Hbond substituents is 1. The highest BCUT2D eigenvalue weighted by Gasteiger charge is 2.68. The molecule has 36 heavy (non-hydrogen) atoms. The van der Waals surface area contributed by atoms with E-state index in [2.05, 4.69) is 0 Å². The van der Waals surface area contributed by atoms with Crippen LogP contribution < -0.4 is 5.73 Å². The minimum atomic E-state index is -2.65. The molecule has 1 heterocycles. The quantitative estimate of drug-likeness (QED) is 0.283. The van der Waals surface area contributed by atoms with Crippen molar-refractivity contribution in [3.05, 3.63) is 34.9 Å². The molecule has 1 amide bonds. The smallest absolute Gasteiger partial charge is 0.230 e. The fourth-order valence-corrected chi connectivity index (χ4v) is 6.21. The number of hydrogen-bond acceptors (Lipinski definition) is 10. The highest BCUT2D eigenvalue weighted by Crippen LogP contribution is 2.52. The maximum Gasteiger partial charge on any atom is 0.230 e. The summed E-state index contributed by atoms with van der Waals surface area (Å²) in [6.07, 6.45) is -1.38. The number of aliphatic hydroxyl groups is 2. The third kappa shape index (κ3) is 3.49. The summed E-state index contributed by atoms with van der Waals surface area (Å²) in [6.45, 7) is -0.145. The number of epoxide rings is 1. The molecule has 3 aliphatic carbocycles. The van der Waals surface area contributed by atoms with Gasteiger partial charge >= 0.3 is 0 Å². The molecule has 5 rings (SSSR count). The van der Waals surface area contributed by atoms with Crippen LogP contribution in [0.15, 0.2) is 23.8 Å². The first-order valence-corrected chi connectivity index (χ1v) is 11.8. The molecule has 7 atom stereocenters. The lowest BCUT2D eigenvalue weighted by Crippen LogP contribution is -2.74. The molecule has 1 saturated heterocycles. The van der Waals surface area contributed by atoms with Crippen LogP contribution in [0.1, 0.15) is 17.5 Å². The number of ketones is 3. The van der Waals surface area contributed by atoms with Gasteiger partial charge in [-0.3, -0.25) is 19.2 Å². The standard InChI is InChI=1S/C25H28N2O9/c1-27(2)19-12-7-11-6-10-4-3-5-13(28)16(10)20(30)17(11)22(31)25(12,34)23(32)18(24(26)33)21(19)36-8-14(29)15-9-35-15/h3-5,11-12,15,18-19,21,28,30,34H,6-9H2,1-2H3,(H2,26,33)/t11-,12-,15?,18?,19-,21?,25-/m0/s1. The molecular weight excluding hydrogens is 472 g/mol. The second kappa shape index (κ2) is 8.48. The van der Waals surface area contributed by atoms with Crippen molar-refractivity contribution in [3.8, 4) is 5.75 Å². The van der Waals surface area contributed by atoms with Crippen LogP contribution in [0, 0.1) is 17.8 Å². The molecule has 1 aliphatic heterocycles. The highest BCUT2D eigenvalue weighted by molar-refractivity contribution is 6.25. The lowest BCUT2D eigenvalue weighted by Gasteiger charge is -2.54. The van der Waals surface area contributed by atoms with Crippen molar-refractivity contribution in [1.29, 1.82) is 0 Å². The highest BCUT2D eigenvalue weighted by atomic mass is 16.6. The Bertz CT molecular complexity index is 1200. The Morgan fingerprint density at radius 3 is 2.56 bits per heavy atom. The van der Waals surface area contributed by atoms with Gasteiger partial charge < -0.3 is 35.4 Å². The van der Waals surface area contributed by atoms with E-state index in [-0.39, 0.29) is 42.1 Å². The van der Waals surface area contributed by atoms with Crippen molar-refractivity contribution >= 4 is 29.0 Å². The second-order valence-electron chi connectivity index (χ2n) is 10.2. The monoisotopic (exact) mass is 500 g/mol. The van der Waals surface area contributed by atoms with E-state index in [1.807, 2.05) is 0 Å². The lowest BCUT2D eigenvalue weighted by atomic mass is 9.54. The number of rotatable bonds is 6. The fourth-order valence-electron chi connectivity index (χ4n) is 6.21. The van der Waals surface area contributed by atoms with Gasteiger partial charge in [0.2, 0.25) is 11.7 Å². The molecule has 5 N–H and O–H groups in total. The molecule has 11 nitrogen and oxygen atoms in total. The molecule has 1 aromatic carbocycles. The van der Waals surface area contributed by atoms with Crippen LogP contribution in [0.4, 0.5) is 0 Å². The molecule has 0 aromatic heterocycles. The average molecular weight is 501 g/mol. The largest absolute Gasteiger partial charge is 0.507 e. The van der Waals surface area contributed by atoms with E-state index >= 15 is 0 Å². The fraction of sp³-hybridized carbons (Fsp3) is 0.520. The Kier molecular flexibility index (Phi) is 5.79. The number of fused-ring (bicyclic) bond motifs is 3. The van der Waals surface area contributed by atoms with E-state index in [4.69, 9.17) is 15.2 Å². The first-order valence-electron chi connectivity index (χ1n) is 11.8. The van der Waals surface area contributed by atoms with Crippen LogP contribution in [0.5, 0.6) is 5.75 Å². The predicted octanol–water partition coefficient (Wildman–Crippen LogP) is -0.879. The van der Waals surface area contributed by atoms with E-state index in [9.17, 15) is 34.5 Å². The second-order valence-corrected chi connectivity index (χ2v) is 10.2. The van der Waals surface area contributed by atoms with Gasteiger partial charge in [-0.2, -0.15) is 0 Å². The van der Waals surface area contributed by atoms with Crippen LogP contribution in [0.2, 0.25) is 0 Å². The number of primary amides is 1. The molecule has 192 valence electrons. The maximum atomic E-state index is 13.8. The minimum absolute atomic E-state index is 0.0834. The number of aromatic hydroxyl groups is 1. The van der Waals surface area contributed by atoms with Crippen LogP contribution in [-0.4, -0.2) is 94.6 Å². The van der Waals surface area contributed by atoms with Gasteiger partial charge in [-0.05, 0) is 44.5 Å². The zero-order valence-electron chi connectivity index (χ0n) is 19.8. The van der Waals surface area contributed by atoms with Gasteiger partial charge in [-0.15, -0.1) is 0 Å². The third-order valence-corrected chi connectivity index (χ3v) is 7.91. The van der Waals surface area contributed by atoms with Gasteiger partial charge in [-0.25, -0.2) is 0 Å². The summed E-state index contributed by atoms with van der Waals surface area (Å²) in [6, 6.07) is 3.88. The number of carbonyl (C=O) groups is 4. The summed E-state index contributed by atoms with van der Waals surface area (Å²) >= 11 is 0. The van der Waals surface area contributed by atoms with Crippen molar-refractivity contribution in [3.63, 3.8) is 0 Å². The van der Waals surface area contributed by atoms with E-state index in [0.29, 0.717) is 5.56 Å². The van der Waals surface area contributed by atoms with Crippen molar-refractivity contribution in [2.75, 3.05) is 27.3 Å². The molecule has 3 unspecified atom stereocenters. The molecular formula is C25H28N2O9. The van der Waals surface area contributed by atoms with Crippen molar-refractivity contribution in [2.24, 2.45) is 23.5 Å². The predicted molar refractivity (Wildman–Crippen MR) is 123 cm³/mol. The molecule has 2 saturated carbocycles. The van der Waals surface area contributed by atoms with Crippen molar-refractivity contribution in [1.82, 2.24) is 4.90 Å². The number of nitrogens with two attached hydrogens (primary N) is 1. The van der Waals surface area contributed by atoms with Crippen molar-refractivity contribution in [2.45, 2.75) is 36.7 Å². The minimum Gasteiger partial charge on any atom is -0.507 e. The van der Waals surface area contributed by atoms with Crippen molar-refractivity contribution < 1.29 is 44.0 Å². The summed E-state index contributed by atoms with van der Waals surface area (Å²) in [7, 11) is 3.31. The van der Waals surface area contributed by atoms with Crippen LogP contribution in [0.3, 0.4) is 0 Å². The van der Waals surface area contributed by atoms with E-state index in [1.54, 1.807) is 31.1 Å². The van der Waals surface area contributed by atoms with Crippen LogP contribution in [-0.2, 0) is 35.1 Å². The first kappa shape index (κ1) is 24.6. The lowest BCUT2D eigenvalue weighted by molar-refractivity contribution is -0.189. The zero-order valence-corrected chi connectivity index (χ0v) is 19.8. The number of hydrogen-bond donors (Lipinski definition) is 4. The maximum absolute atomic E-state index is 13.8. The summed E-state index contributed by atoms with van der Waals surface area (Å²) < 4.78 is 10.8. The molecule has 3 fully saturated rings. The number of aliphatic hydroxyl groups excluding tert-OH is 1. The van der Waals surface area contributed by atoms with E-state index < -0.39 is 71.4 Å². The van der Waals surface area contributed by atoms with Gasteiger partial charge in [0.1, 0.15) is 30.1 Å². The third-order valence-electron chi connectivity index (χ3n) is 7.91. The number of Topliss-reactive ketones (excluding diaryl/α,β-unsaturated/α-hetero) is 3. The molecule has 1 aromatic rings. The van der Waals surface area contributed by atoms with E-state index in [1.165, 1.54) is 6.07 Å². The molecule has 0 bridgehead atoms.